The van der Waals surface area contributed by atoms with E-state index in [9.17, 15) is 9.59 Å². The van der Waals surface area contributed by atoms with Crippen LogP contribution >= 0.6 is 0 Å². The van der Waals surface area contributed by atoms with Gasteiger partial charge in [-0.3, -0.25) is 9.36 Å². The Labute approximate surface area is 159 Å². The molecule has 0 atom stereocenters. The van der Waals surface area contributed by atoms with Crippen molar-refractivity contribution < 1.29 is 9.53 Å². The van der Waals surface area contributed by atoms with Gasteiger partial charge in [0.25, 0.3) is 5.91 Å². The molecular formula is C20H28N4O3. The van der Waals surface area contributed by atoms with Gasteiger partial charge >= 0.3 is 5.69 Å². The minimum absolute atomic E-state index is 0.00302. The van der Waals surface area contributed by atoms with E-state index in [-0.39, 0.29) is 24.1 Å². The number of nitrogens with zero attached hydrogens (tertiary/aromatic N) is 4. The molecule has 0 unspecified atom stereocenters. The maximum atomic E-state index is 12.5. The highest BCUT2D eigenvalue weighted by Crippen LogP contribution is 2.26. The van der Waals surface area contributed by atoms with Crippen LogP contribution in [0.25, 0.3) is 0 Å². The van der Waals surface area contributed by atoms with E-state index in [1.165, 1.54) is 4.68 Å². The number of aromatic nitrogens is 3. The molecule has 1 fully saturated rings. The zero-order valence-electron chi connectivity index (χ0n) is 16.6. The van der Waals surface area contributed by atoms with Crippen LogP contribution in [0.4, 0.5) is 0 Å². The third-order valence-corrected chi connectivity index (χ3v) is 5.47. The van der Waals surface area contributed by atoms with Crippen LogP contribution < -0.4 is 10.4 Å². The molecule has 0 saturated carbocycles. The lowest BCUT2D eigenvalue weighted by molar-refractivity contribution is -0.134. The highest BCUT2D eigenvalue weighted by atomic mass is 16.5. The summed E-state index contributed by atoms with van der Waals surface area (Å²) in [5, 5.41) is 4.41. The van der Waals surface area contributed by atoms with E-state index in [2.05, 4.69) is 5.10 Å². The second-order valence-corrected chi connectivity index (χ2v) is 7.15. The molecule has 3 rings (SSSR count). The number of carbonyl (C=O) groups excluding carboxylic acids is 1. The molecule has 27 heavy (non-hydrogen) atoms. The first-order valence-corrected chi connectivity index (χ1v) is 9.52. The standard InChI is InChI=1S/C20H28N4O3/c1-5-24-19(21-22(4)20(24)26)16-9-11-23(12-10-16)18(25)13-27-17-8-6-7-14(2)15(17)3/h6-8,16H,5,9-13H2,1-4H3. The van der Waals surface area contributed by atoms with Crippen molar-refractivity contribution in [1.82, 2.24) is 19.2 Å². The van der Waals surface area contributed by atoms with Crippen LogP contribution in [0.1, 0.15) is 42.6 Å². The molecule has 1 aromatic heterocycles. The van der Waals surface area contributed by atoms with Crippen molar-refractivity contribution in [3.8, 4) is 5.75 Å². The molecular weight excluding hydrogens is 344 g/mol. The number of piperidine rings is 1. The fourth-order valence-electron chi connectivity index (χ4n) is 3.62. The fourth-order valence-corrected chi connectivity index (χ4v) is 3.62. The molecule has 2 heterocycles. The summed E-state index contributed by atoms with van der Waals surface area (Å²) in [5.74, 6) is 1.81. The predicted octanol–water partition coefficient (Wildman–Crippen LogP) is 2.00. The average Bonchev–Trinajstić information content (AvgIpc) is 2.97. The summed E-state index contributed by atoms with van der Waals surface area (Å²) < 4.78 is 8.87. The SMILES string of the molecule is CCn1c(C2CCN(C(=O)COc3cccc(C)c3C)CC2)nn(C)c1=O. The molecule has 1 aliphatic rings. The number of rotatable bonds is 5. The summed E-state index contributed by atoms with van der Waals surface area (Å²) in [4.78, 5) is 26.5. The third kappa shape index (κ3) is 3.91. The molecule has 0 aliphatic carbocycles. The molecule has 0 N–H and O–H groups in total. The lowest BCUT2D eigenvalue weighted by Gasteiger charge is -2.31. The van der Waals surface area contributed by atoms with Crippen molar-refractivity contribution >= 4 is 5.91 Å². The van der Waals surface area contributed by atoms with Crippen molar-refractivity contribution in [2.24, 2.45) is 7.05 Å². The largest absolute Gasteiger partial charge is 0.483 e. The van der Waals surface area contributed by atoms with Gasteiger partial charge in [-0.15, -0.1) is 0 Å². The van der Waals surface area contributed by atoms with Crippen LogP contribution in [0, 0.1) is 13.8 Å². The Hall–Kier alpha value is -2.57. The summed E-state index contributed by atoms with van der Waals surface area (Å²) in [6, 6.07) is 5.86. The first-order valence-electron chi connectivity index (χ1n) is 9.52. The smallest absolute Gasteiger partial charge is 0.345 e. The van der Waals surface area contributed by atoms with Gasteiger partial charge in [-0.25, -0.2) is 9.48 Å². The predicted molar refractivity (Wildman–Crippen MR) is 103 cm³/mol. The van der Waals surface area contributed by atoms with Crippen LogP contribution in [-0.4, -0.2) is 44.9 Å². The zero-order valence-corrected chi connectivity index (χ0v) is 16.6. The maximum absolute atomic E-state index is 12.5. The van der Waals surface area contributed by atoms with Crippen LogP contribution in [0.15, 0.2) is 23.0 Å². The first-order chi connectivity index (χ1) is 12.9. The van der Waals surface area contributed by atoms with E-state index < -0.39 is 0 Å². The van der Waals surface area contributed by atoms with E-state index >= 15 is 0 Å². The summed E-state index contributed by atoms with van der Waals surface area (Å²) >= 11 is 0. The van der Waals surface area contributed by atoms with Gasteiger partial charge in [0.2, 0.25) is 0 Å². The monoisotopic (exact) mass is 372 g/mol. The molecule has 1 saturated heterocycles. The van der Waals surface area contributed by atoms with Gasteiger partial charge in [0.1, 0.15) is 11.6 Å². The third-order valence-electron chi connectivity index (χ3n) is 5.47. The summed E-state index contributed by atoms with van der Waals surface area (Å²) in [7, 11) is 1.68. The van der Waals surface area contributed by atoms with E-state index in [0.717, 1.165) is 35.5 Å². The van der Waals surface area contributed by atoms with Crippen LogP contribution in [-0.2, 0) is 18.4 Å². The molecule has 1 amide bonds. The molecule has 146 valence electrons. The average molecular weight is 372 g/mol. The minimum atomic E-state index is -0.0760. The number of carbonyl (C=O) groups is 1. The molecule has 7 heteroatoms. The van der Waals surface area contributed by atoms with Crippen molar-refractivity contribution in [2.75, 3.05) is 19.7 Å². The Kier molecular flexibility index (Phi) is 5.68. The van der Waals surface area contributed by atoms with E-state index in [1.807, 2.05) is 43.9 Å². The Morgan fingerprint density at radius 2 is 1.96 bits per heavy atom. The van der Waals surface area contributed by atoms with Crippen molar-refractivity contribution in [3.05, 3.63) is 45.6 Å². The number of hydrogen-bond donors (Lipinski definition) is 0. The molecule has 1 aliphatic heterocycles. The summed E-state index contributed by atoms with van der Waals surface area (Å²) in [6.07, 6.45) is 1.62. The Balaban J connectivity index is 1.57. The lowest BCUT2D eigenvalue weighted by Crippen LogP contribution is -2.41. The molecule has 0 bridgehead atoms. The summed E-state index contributed by atoms with van der Waals surface area (Å²) in [5.41, 5.74) is 2.14. The van der Waals surface area contributed by atoms with Crippen LogP contribution in [0.3, 0.4) is 0 Å². The molecule has 1 aromatic carbocycles. The van der Waals surface area contributed by atoms with Gasteiger partial charge in [0, 0.05) is 32.6 Å². The highest BCUT2D eigenvalue weighted by molar-refractivity contribution is 5.78. The number of likely N-dealkylation sites (tertiary alicyclic amines) is 1. The zero-order chi connectivity index (χ0) is 19.6. The normalized spacial score (nSPS) is 15.2. The molecule has 0 radical (unpaired) electrons. The molecule has 7 nitrogen and oxygen atoms in total. The van der Waals surface area contributed by atoms with Crippen LogP contribution in [0.2, 0.25) is 0 Å². The summed E-state index contributed by atoms with van der Waals surface area (Å²) in [6.45, 7) is 7.98. The van der Waals surface area contributed by atoms with Gasteiger partial charge in [-0.2, -0.15) is 5.10 Å². The second-order valence-electron chi connectivity index (χ2n) is 7.15. The number of amides is 1. The van der Waals surface area contributed by atoms with Gasteiger partial charge in [0.15, 0.2) is 6.61 Å². The van der Waals surface area contributed by atoms with Gasteiger partial charge in [-0.05, 0) is 50.8 Å². The number of benzene rings is 1. The fraction of sp³-hybridized carbons (Fsp3) is 0.550. The lowest BCUT2D eigenvalue weighted by atomic mass is 9.96. The van der Waals surface area contributed by atoms with E-state index in [4.69, 9.17) is 4.74 Å². The van der Waals surface area contributed by atoms with Gasteiger partial charge in [-0.1, -0.05) is 12.1 Å². The van der Waals surface area contributed by atoms with E-state index in [0.29, 0.717) is 19.6 Å². The van der Waals surface area contributed by atoms with Crippen molar-refractivity contribution in [1.29, 1.82) is 0 Å². The topological polar surface area (TPSA) is 69.4 Å². The van der Waals surface area contributed by atoms with Gasteiger partial charge < -0.3 is 9.64 Å². The Bertz CT molecular complexity index is 876. The Morgan fingerprint density at radius 3 is 2.63 bits per heavy atom. The minimum Gasteiger partial charge on any atom is -0.483 e. The van der Waals surface area contributed by atoms with Crippen molar-refractivity contribution in [2.45, 2.75) is 46.1 Å². The number of ether oxygens (including phenoxy) is 1. The number of hydrogen-bond acceptors (Lipinski definition) is 4. The quantitative estimate of drug-likeness (QED) is 0.805. The molecule has 0 spiro atoms. The van der Waals surface area contributed by atoms with Gasteiger partial charge in [0.05, 0.1) is 0 Å². The second kappa shape index (κ2) is 7.98. The first kappa shape index (κ1) is 19.2. The van der Waals surface area contributed by atoms with Crippen LogP contribution in [0.5, 0.6) is 5.75 Å². The highest BCUT2D eigenvalue weighted by Gasteiger charge is 2.28. The van der Waals surface area contributed by atoms with E-state index in [1.54, 1.807) is 11.6 Å². The van der Waals surface area contributed by atoms with Crippen molar-refractivity contribution in [3.63, 3.8) is 0 Å². The number of aryl methyl sites for hydroxylation is 2. The molecule has 2 aromatic rings. The maximum Gasteiger partial charge on any atom is 0.345 e. The Morgan fingerprint density at radius 1 is 1.26 bits per heavy atom.